The summed E-state index contributed by atoms with van der Waals surface area (Å²) in [4.78, 5) is 0. The smallest absolute Gasteiger partial charge is 0.119 e. The van der Waals surface area contributed by atoms with E-state index in [2.05, 4.69) is 58.1 Å². The van der Waals surface area contributed by atoms with Crippen LogP contribution in [0.15, 0.2) is 18.2 Å². The molecule has 1 rings (SSSR count). The number of hydrogen-bond donors (Lipinski definition) is 1. The van der Waals surface area contributed by atoms with Crippen molar-refractivity contribution >= 4 is 0 Å². The molecule has 0 bridgehead atoms. The van der Waals surface area contributed by atoms with Gasteiger partial charge in [0, 0.05) is 12.0 Å². The van der Waals surface area contributed by atoms with Crippen LogP contribution in [0.3, 0.4) is 0 Å². The van der Waals surface area contributed by atoms with E-state index in [1.807, 2.05) is 7.05 Å². The Hall–Kier alpha value is -1.02. The SMILES string of the molecule is CNCC(C)(C)COc1ccc(C(C)C)c(C)c1. The molecule has 0 aromatic heterocycles. The molecular formula is C16H27NO. The fourth-order valence-corrected chi connectivity index (χ4v) is 2.19. The van der Waals surface area contributed by atoms with Crippen molar-refractivity contribution in [3.05, 3.63) is 29.3 Å². The van der Waals surface area contributed by atoms with Gasteiger partial charge >= 0.3 is 0 Å². The first-order chi connectivity index (χ1) is 8.35. The maximum absolute atomic E-state index is 5.90. The topological polar surface area (TPSA) is 21.3 Å². The van der Waals surface area contributed by atoms with Crippen molar-refractivity contribution in [2.24, 2.45) is 5.41 Å². The molecule has 0 unspecified atom stereocenters. The van der Waals surface area contributed by atoms with Crippen molar-refractivity contribution < 1.29 is 4.74 Å². The predicted octanol–water partition coefficient (Wildman–Crippen LogP) is 3.74. The monoisotopic (exact) mass is 249 g/mol. The third-order valence-electron chi connectivity index (χ3n) is 3.15. The number of ether oxygens (including phenoxy) is 1. The van der Waals surface area contributed by atoms with E-state index in [4.69, 9.17) is 4.74 Å². The molecular weight excluding hydrogens is 222 g/mol. The van der Waals surface area contributed by atoms with E-state index in [0.717, 1.165) is 18.9 Å². The number of benzene rings is 1. The zero-order valence-electron chi connectivity index (χ0n) is 12.6. The number of nitrogens with one attached hydrogen (secondary N) is 1. The lowest BCUT2D eigenvalue weighted by molar-refractivity contribution is 0.179. The second-order valence-corrected chi connectivity index (χ2v) is 6.16. The molecule has 102 valence electrons. The summed E-state index contributed by atoms with van der Waals surface area (Å²) in [5.41, 5.74) is 2.87. The molecule has 0 heterocycles. The van der Waals surface area contributed by atoms with Crippen LogP contribution in [0.5, 0.6) is 5.75 Å². The Morgan fingerprint density at radius 1 is 1.28 bits per heavy atom. The first-order valence-corrected chi connectivity index (χ1v) is 6.73. The van der Waals surface area contributed by atoms with Gasteiger partial charge < -0.3 is 10.1 Å². The van der Waals surface area contributed by atoms with E-state index in [9.17, 15) is 0 Å². The van der Waals surface area contributed by atoms with Gasteiger partial charge in [0.2, 0.25) is 0 Å². The minimum Gasteiger partial charge on any atom is -0.493 e. The van der Waals surface area contributed by atoms with Crippen molar-refractivity contribution in [3.8, 4) is 5.75 Å². The van der Waals surface area contributed by atoms with E-state index in [1.165, 1.54) is 11.1 Å². The molecule has 0 radical (unpaired) electrons. The Morgan fingerprint density at radius 3 is 2.44 bits per heavy atom. The predicted molar refractivity (Wildman–Crippen MR) is 78.5 cm³/mol. The van der Waals surface area contributed by atoms with Crippen molar-refractivity contribution in [1.29, 1.82) is 0 Å². The van der Waals surface area contributed by atoms with Crippen molar-refractivity contribution in [2.75, 3.05) is 20.2 Å². The molecule has 0 spiro atoms. The largest absolute Gasteiger partial charge is 0.493 e. The first kappa shape index (κ1) is 15.0. The molecule has 1 N–H and O–H groups in total. The highest BCUT2D eigenvalue weighted by molar-refractivity contribution is 5.36. The van der Waals surface area contributed by atoms with E-state index in [0.29, 0.717) is 5.92 Å². The standard InChI is InChI=1S/C16H27NO/c1-12(2)15-8-7-14(9-13(15)3)18-11-16(4,5)10-17-6/h7-9,12,17H,10-11H2,1-6H3. The van der Waals surface area contributed by atoms with Crippen LogP contribution in [0.2, 0.25) is 0 Å². The van der Waals surface area contributed by atoms with Gasteiger partial charge in [0.1, 0.15) is 5.75 Å². The lowest BCUT2D eigenvalue weighted by atomic mass is 9.95. The second kappa shape index (κ2) is 6.24. The van der Waals surface area contributed by atoms with Gasteiger partial charge in [0.15, 0.2) is 0 Å². The third-order valence-corrected chi connectivity index (χ3v) is 3.15. The maximum Gasteiger partial charge on any atom is 0.119 e. The molecule has 0 saturated carbocycles. The summed E-state index contributed by atoms with van der Waals surface area (Å²) in [7, 11) is 1.98. The molecule has 1 aromatic rings. The zero-order chi connectivity index (χ0) is 13.8. The fourth-order valence-electron chi connectivity index (χ4n) is 2.19. The lowest BCUT2D eigenvalue weighted by Crippen LogP contribution is -2.32. The van der Waals surface area contributed by atoms with Crippen molar-refractivity contribution in [1.82, 2.24) is 5.32 Å². The summed E-state index contributed by atoms with van der Waals surface area (Å²) in [6.07, 6.45) is 0. The zero-order valence-corrected chi connectivity index (χ0v) is 12.6. The van der Waals surface area contributed by atoms with Crippen LogP contribution >= 0.6 is 0 Å². The molecule has 18 heavy (non-hydrogen) atoms. The minimum absolute atomic E-state index is 0.152. The van der Waals surface area contributed by atoms with Crippen LogP contribution in [-0.4, -0.2) is 20.2 Å². The Morgan fingerprint density at radius 2 is 1.94 bits per heavy atom. The molecule has 0 aliphatic carbocycles. The summed E-state index contributed by atoms with van der Waals surface area (Å²) in [6.45, 7) is 12.7. The average molecular weight is 249 g/mol. The van der Waals surface area contributed by atoms with E-state index in [1.54, 1.807) is 0 Å². The summed E-state index contributed by atoms with van der Waals surface area (Å²) in [5.74, 6) is 1.54. The molecule has 0 atom stereocenters. The third kappa shape index (κ3) is 4.34. The molecule has 1 aromatic carbocycles. The normalized spacial score (nSPS) is 11.9. The van der Waals surface area contributed by atoms with Crippen molar-refractivity contribution in [3.63, 3.8) is 0 Å². The highest BCUT2D eigenvalue weighted by Gasteiger charge is 2.17. The molecule has 0 aliphatic heterocycles. The lowest BCUT2D eigenvalue weighted by Gasteiger charge is -2.24. The molecule has 2 heteroatoms. The Bertz CT molecular complexity index is 383. The van der Waals surface area contributed by atoms with E-state index >= 15 is 0 Å². The van der Waals surface area contributed by atoms with Gasteiger partial charge in [-0.3, -0.25) is 0 Å². The van der Waals surface area contributed by atoms with Gasteiger partial charge in [0.05, 0.1) is 6.61 Å². The van der Waals surface area contributed by atoms with Gasteiger partial charge in [-0.1, -0.05) is 33.8 Å². The molecule has 0 saturated heterocycles. The highest BCUT2D eigenvalue weighted by Crippen LogP contribution is 2.24. The summed E-state index contributed by atoms with van der Waals surface area (Å²) >= 11 is 0. The first-order valence-electron chi connectivity index (χ1n) is 6.73. The molecule has 0 aliphatic rings. The number of aryl methyl sites for hydroxylation is 1. The fraction of sp³-hybridized carbons (Fsp3) is 0.625. The quantitative estimate of drug-likeness (QED) is 0.829. The van der Waals surface area contributed by atoms with Gasteiger partial charge in [0.25, 0.3) is 0 Å². The van der Waals surface area contributed by atoms with Crippen LogP contribution in [0.1, 0.15) is 44.7 Å². The van der Waals surface area contributed by atoms with E-state index < -0.39 is 0 Å². The average Bonchev–Trinajstić information content (AvgIpc) is 2.26. The van der Waals surface area contributed by atoms with Crippen LogP contribution in [0.25, 0.3) is 0 Å². The number of hydrogen-bond acceptors (Lipinski definition) is 2. The summed E-state index contributed by atoms with van der Waals surface area (Å²) < 4.78 is 5.90. The van der Waals surface area contributed by atoms with Crippen LogP contribution in [-0.2, 0) is 0 Å². The highest BCUT2D eigenvalue weighted by atomic mass is 16.5. The van der Waals surface area contributed by atoms with Crippen molar-refractivity contribution in [2.45, 2.75) is 40.5 Å². The van der Waals surface area contributed by atoms with Gasteiger partial charge in [-0.2, -0.15) is 0 Å². The van der Waals surface area contributed by atoms with Crippen LogP contribution in [0.4, 0.5) is 0 Å². The van der Waals surface area contributed by atoms with Crippen LogP contribution < -0.4 is 10.1 Å². The summed E-state index contributed by atoms with van der Waals surface area (Å²) in [6, 6.07) is 6.41. The van der Waals surface area contributed by atoms with Gasteiger partial charge in [-0.05, 0) is 43.1 Å². The Kier molecular flexibility index (Phi) is 5.21. The van der Waals surface area contributed by atoms with Gasteiger partial charge in [-0.25, -0.2) is 0 Å². The van der Waals surface area contributed by atoms with Crippen LogP contribution in [0, 0.1) is 12.3 Å². The number of rotatable bonds is 6. The van der Waals surface area contributed by atoms with Gasteiger partial charge in [-0.15, -0.1) is 0 Å². The Balaban J connectivity index is 2.67. The maximum atomic E-state index is 5.90. The van der Waals surface area contributed by atoms with E-state index in [-0.39, 0.29) is 5.41 Å². The molecule has 0 amide bonds. The molecule has 2 nitrogen and oxygen atoms in total. The second-order valence-electron chi connectivity index (χ2n) is 6.16. The summed E-state index contributed by atoms with van der Waals surface area (Å²) in [5, 5.41) is 3.20. The molecule has 0 fully saturated rings. The Labute approximate surface area is 112 Å². The minimum atomic E-state index is 0.152.